The van der Waals surface area contributed by atoms with E-state index in [2.05, 4.69) is 0 Å². The number of pyridine rings is 1. The number of carboxylic acids is 1. The van der Waals surface area contributed by atoms with E-state index in [-0.39, 0.29) is 11.1 Å². The van der Waals surface area contributed by atoms with Crippen molar-refractivity contribution in [2.75, 3.05) is 0 Å². The standard InChI is InChI=1S/C11H15NO3/c1-7-5-9(13)8(10(14)15)6-12(7)11(2,3)4/h5-6H,1-4H3,(H,14,15). The van der Waals surface area contributed by atoms with Crippen LogP contribution in [0.25, 0.3) is 0 Å². The van der Waals surface area contributed by atoms with Crippen molar-refractivity contribution in [1.82, 2.24) is 4.57 Å². The molecular weight excluding hydrogens is 194 g/mol. The molecule has 0 spiro atoms. The molecule has 1 aromatic rings. The summed E-state index contributed by atoms with van der Waals surface area (Å²) in [5, 5.41) is 8.83. The van der Waals surface area contributed by atoms with Crippen LogP contribution in [0.1, 0.15) is 36.8 Å². The highest BCUT2D eigenvalue weighted by molar-refractivity contribution is 5.87. The van der Waals surface area contributed by atoms with Gasteiger partial charge >= 0.3 is 5.97 Å². The number of rotatable bonds is 1. The van der Waals surface area contributed by atoms with Gasteiger partial charge in [-0.1, -0.05) is 0 Å². The van der Waals surface area contributed by atoms with E-state index in [1.807, 2.05) is 20.8 Å². The molecule has 0 atom stereocenters. The minimum atomic E-state index is -1.18. The number of carboxylic acid groups (broad SMARTS) is 1. The second-order valence-corrected chi connectivity index (χ2v) is 4.54. The van der Waals surface area contributed by atoms with Gasteiger partial charge in [-0.15, -0.1) is 0 Å². The zero-order valence-electron chi connectivity index (χ0n) is 9.37. The second-order valence-electron chi connectivity index (χ2n) is 4.54. The Morgan fingerprint density at radius 1 is 1.40 bits per heavy atom. The van der Waals surface area contributed by atoms with Gasteiger partial charge in [0.15, 0.2) is 5.43 Å². The van der Waals surface area contributed by atoms with E-state index in [1.165, 1.54) is 12.3 Å². The Bertz CT molecular complexity index is 452. The van der Waals surface area contributed by atoms with Crippen LogP contribution in [0.15, 0.2) is 17.1 Å². The number of hydrogen-bond donors (Lipinski definition) is 1. The second kappa shape index (κ2) is 3.53. The zero-order chi connectivity index (χ0) is 11.8. The van der Waals surface area contributed by atoms with Crippen molar-refractivity contribution in [2.45, 2.75) is 33.2 Å². The van der Waals surface area contributed by atoms with Gasteiger partial charge in [-0.2, -0.15) is 0 Å². The molecule has 82 valence electrons. The summed E-state index contributed by atoms with van der Waals surface area (Å²) in [6.45, 7) is 7.65. The van der Waals surface area contributed by atoms with Gasteiger partial charge in [-0.05, 0) is 27.7 Å². The first-order chi connectivity index (χ1) is 6.73. The molecule has 4 nitrogen and oxygen atoms in total. The molecule has 0 aliphatic carbocycles. The van der Waals surface area contributed by atoms with Gasteiger partial charge < -0.3 is 9.67 Å². The molecule has 15 heavy (non-hydrogen) atoms. The van der Waals surface area contributed by atoms with E-state index >= 15 is 0 Å². The highest BCUT2D eigenvalue weighted by atomic mass is 16.4. The van der Waals surface area contributed by atoms with Gasteiger partial charge in [0.1, 0.15) is 5.56 Å². The zero-order valence-corrected chi connectivity index (χ0v) is 9.37. The normalized spacial score (nSPS) is 11.5. The highest BCUT2D eigenvalue weighted by Gasteiger charge is 2.17. The lowest BCUT2D eigenvalue weighted by atomic mass is 10.1. The number of aromatic nitrogens is 1. The van der Waals surface area contributed by atoms with Gasteiger partial charge in [0.05, 0.1) is 0 Å². The predicted molar refractivity (Wildman–Crippen MR) is 57.4 cm³/mol. The Kier molecular flexibility index (Phi) is 2.71. The Morgan fingerprint density at radius 2 is 1.93 bits per heavy atom. The molecular formula is C11H15NO3. The lowest BCUT2D eigenvalue weighted by molar-refractivity contribution is 0.0694. The van der Waals surface area contributed by atoms with Crippen LogP contribution in [-0.2, 0) is 5.54 Å². The number of nitrogens with zero attached hydrogens (tertiary/aromatic N) is 1. The molecule has 0 saturated heterocycles. The topological polar surface area (TPSA) is 59.3 Å². The van der Waals surface area contributed by atoms with Crippen LogP contribution in [-0.4, -0.2) is 15.6 Å². The average Bonchev–Trinajstić information content (AvgIpc) is 2.00. The fourth-order valence-electron chi connectivity index (χ4n) is 1.51. The molecule has 1 N–H and O–H groups in total. The minimum absolute atomic E-state index is 0.185. The van der Waals surface area contributed by atoms with E-state index in [4.69, 9.17) is 5.11 Å². The van der Waals surface area contributed by atoms with Crippen LogP contribution in [0.5, 0.6) is 0 Å². The van der Waals surface area contributed by atoms with E-state index in [0.29, 0.717) is 0 Å². The summed E-state index contributed by atoms with van der Waals surface area (Å²) in [6.07, 6.45) is 1.40. The molecule has 0 saturated carbocycles. The molecule has 0 aliphatic rings. The summed E-state index contributed by atoms with van der Waals surface area (Å²) in [6, 6.07) is 1.36. The molecule has 1 aromatic heterocycles. The summed E-state index contributed by atoms with van der Waals surface area (Å²) >= 11 is 0. The van der Waals surface area contributed by atoms with Crippen LogP contribution < -0.4 is 5.43 Å². The maximum absolute atomic E-state index is 11.4. The van der Waals surface area contributed by atoms with Crippen molar-refractivity contribution in [3.05, 3.63) is 33.7 Å². The van der Waals surface area contributed by atoms with Gasteiger partial charge in [-0.3, -0.25) is 4.79 Å². The summed E-state index contributed by atoms with van der Waals surface area (Å²) in [5.74, 6) is -1.18. The number of aryl methyl sites for hydroxylation is 1. The van der Waals surface area contributed by atoms with Crippen LogP contribution in [0.3, 0.4) is 0 Å². The quantitative estimate of drug-likeness (QED) is 0.764. The van der Waals surface area contributed by atoms with Crippen LogP contribution >= 0.6 is 0 Å². The summed E-state index contributed by atoms with van der Waals surface area (Å²) < 4.78 is 1.79. The molecule has 0 radical (unpaired) electrons. The molecule has 4 heteroatoms. The first-order valence-electron chi connectivity index (χ1n) is 4.70. The van der Waals surface area contributed by atoms with E-state index in [0.717, 1.165) is 5.69 Å². The smallest absolute Gasteiger partial charge is 0.341 e. The first-order valence-corrected chi connectivity index (χ1v) is 4.70. The molecule has 0 bridgehead atoms. The maximum Gasteiger partial charge on any atom is 0.341 e. The molecule has 1 rings (SSSR count). The van der Waals surface area contributed by atoms with Gasteiger partial charge in [0.25, 0.3) is 0 Å². The van der Waals surface area contributed by atoms with E-state index in [9.17, 15) is 9.59 Å². The highest BCUT2D eigenvalue weighted by Crippen LogP contribution is 2.15. The monoisotopic (exact) mass is 209 g/mol. The van der Waals surface area contributed by atoms with Crippen LogP contribution in [0.2, 0.25) is 0 Å². The van der Waals surface area contributed by atoms with E-state index in [1.54, 1.807) is 11.5 Å². The predicted octanol–water partition coefficient (Wildman–Crippen LogP) is 1.61. The van der Waals surface area contributed by atoms with Gasteiger partial charge in [0.2, 0.25) is 0 Å². The van der Waals surface area contributed by atoms with Crippen molar-refractivity contribution in [1.29, 1.82) is 0 Å². The molecule has 0 amide bonds. The lowest BCUT2D eigenvalue weighted by Gasteiger charge is -2.26. The largest absolute Gasteiger partial charge is 0.477 e. The average molecular weight is 209 g/mol. The molecule has 0 aromatic carbocycles. The number of hydrogen-bond acceptors (Lipinski definition) is 2. The molecule has 0 aliphatic heterocycles. The number of aromatic carboxylic acids is 1. The first kappa shape index (κ1) is 11.5. The summed E-state index contributed by atoms with van der Waals surface area (Å²) in [5.41, 5.74) is -0.101. The fourth-order valence-corrected chi connectivity index (χ4v) is 1.51. The molecule has 0 unspecified atom stereocenters. The minimum Gasteiger partial charge on any atom is -0.477 e. The van der Waals surface area contributed by atoms with E-state index < -0.39 is 11.4 Å². The summed E-state index contributed by atoms with van der Waals surface area (Å²) in [4.78, 5) is 22.2. The van der Waals surface area contributed by atoms with Gasteiger partial charge in [-0.25, -0.2) is 4.79 Å². The third kappa shape index (κ3) is 2.26. The fraction of sp³-hybridized carbons (Fsp3) is 0.455. The summed E-state index contributed by atoms with van der Waals surface area (Å²) in [7, 11) is 0. The Labute approximate surface area is 88.2 Å². The molecule has 0 fully saturated rings. The molecule has 1 heterocycles. The maximum atomic E-state index is 11.4. The van der Waals surface area contributed by atoms with Crippen molar-refractivity contribution < 1.29 is 9.90 Å². The third-order valence-corrected chi connectivity index (χ3v) is 2.20. The van der Waals surface area contributed by atoms with Crippen molar-refractivity contribution in [3.63, 3.8) is 0 Å². The Balaban J connectivity index is 3.50. The van der Waals surface area contributed by atoms with Crippen LogP contribution in [0, 0.1) is 6.92 Å². The third-order valence-electron chi connectivity index (χ3n) is 2.20. The Hall–Kier alpha value is -1.58. The van der Waals surface area contributed by atoms with Crippen molar-refractivity contribution >= 4 is 5.97 Å². The lowest BCUT2D eigenvalue weighted by Crippen LogP contribution is -2.28. The SMILES string of the molecule is Cc1cc(=O)c(C(=O)O)cn1C(C)(C)C. The van der Waals surface area contributed by atoms with Gasteiger partial charge in [0, 0.05) is 23.5 Å². The van der Waals surface area contributed by atoms with Crippen LogP contribution in [0.4, 0.5) is 0 Å². The van der Waals surface area contributed by atoms with Crippen molar-refractivity contribution in [3.8, 4) is 0 Å². The Morgan fingerprint density at radius 3 is 2.33 bits per heavy atom. The van der Waals surface area contributed by atoms with Crippen molar-refractivity contribution in [2.24, 2.45) is 0 Å². The number of carbonyl (C=O) groups is 1.